The molecule has 2 aromatic rings. The van der Waals surface area contributed by atoms with E-state index < -0.39 is 10.0 Å². The van der Waals surface area contributed by atoms with Crippen molar-refractivity contribution in [1.82, 2.24) is 25.1 Å². The molecule has 1 aliphatic rings. The fourth-order valence-electron chi connectivity index (χ4n) is 2.90. The molecule has 148 valence electrons. The second kappa shape index (κ2) is 8.39. The van der Waals surface area contributed by atoms with Gasteiger partial charge in [0.05, 0.1) is 10.9 Å². The third-order valence-corrected chi connectivity index (χ3v) is 6.36. The van der Waals surface area contributed by atoms with Gasteiger partial charge in [-0.1, -0.05) is 12.1 Å². The Kier molecular flexibility index (Phi) is 6.63. The monoisotopic (exact) mass is 413 g/mol. The molecule has 0 saturated heterocycles. The highest BCUT2D eigenvalue weighted by atomic mass is 35.5. The van der Waals surface area contributed by atoms with Gasteiger partial charge in [0.25, 0.3) is 5.91 Å². The van der Waals surface area contributed by atoms with Crippen molar-refractivity contribution in [3.05, 3.63) is 46.8 Å². The number of hydrogen-bond donors (Lipinski definition) is 3. The highest BCUT2D eigenvalue weighted by molar-refractivity contribution is 7.89. The first-order valence-corrected chi connectivity index (χ1v) is 9.85. The Hall–Kier alpha value is -1.94. The number of H-pyrrole nitrogens is 1. The van der Waals surface area contributed by atoms with Crippen molar-refractivity contribution in [1.29, 1.82) is 0 Å². The molecule has 10 heteroatoms. The van der Waals surface area contributed by atoms with Crippen molar-refractivity contribution >= 4 is 28.3 Å². The van der Waals surface area contributed by atoms with Crippen molar-refractivity contribution in [2.75, 3.05) is 20.6 Å². The number of carbonyl (C=O) groups excluding carboxylic acids is 1. The van der Waals surface area contributed by atoms with Gasteiger partial charge in [-0.25, -0.2) is 12.7 Å². The molecule has 1 aliphatic heterocycles. The number of hydrogen-bond acceptors (Lipinski definition) is 5. The van der Waals surface area contributed by atoms with Gasteiger partial charge in [0.2, 0.25) is 10.0 Å². The van der Waals surface area contributed by atoms with Crippen LogP contribution in [0.1, 0.15) is 40.3 Å². The average Bonchev–Trinajstić information content (AvgIpc) is 3.05. The SMILES string of the molecule is CC(NC(=O)c1n[nH]c2c1CNCC2)c1ccc(S(=O)(=O)N(C)C)cc1.Cl. The van der Waals surface area contributed by atoms with Gasteiger partial charge >= 0.3 is 0 Å². The standard InChI is InChI=1S/C17H23N5O3S.ClH/c1-11(12-4-6-13(7-5-12)26(24,25)22(2)3)19-17(23)16-14-10-18-9-8-15(14)20-21-16;/h4-7,11,18H,8-10H2,1-3H3,(H,19,23)(H,20,21);1H. The zero-order valence-corrected chi connectivity index (χ0v) is 17.1. The van der Waals surface area contributed by atoms with Crippen LogP contribution in [0.3, 0.4) is 0 Å². The number of sulfonamides is 1. The van der Waals surface area contributed by atoms with Crippen LogP contribution in [0.4, 0.5) is 0 Å². The summed E-state index contributed by atoms with van der Waals surface area (Å²) in [6, 6.07) is 6.25. The van der Waals surface area contributed by atoms with Crippen molar-refractivity contribution in [3.8, 4) is 0 Å². The smallest absolute Gasteiger partial charge is 0.272 e. The molecular weight excluding hydrogens is 390 g/mol. The number of nitrogens with one attached hydrogen (secondary N) is 3. The van der Waals surface area contributed by atoms with E-state index in [1.165, 1.54) is 18.4 Å². The molecule has 3 N–H and O–H groups in total. The number of halogens is 1. The molecule has 0 saturated carbocycles. The van der Waals surface area contributed by atoms with Crippen LogP contribution in [-0.4, -0.2) is 49.5 Å². The van der Waals surface area contributed by atoms with Crippen LogP contribution in [0.15, 0.2) is 29.2 Å². The van der Waals surface area contributed by atoms with Crippen LogP contribution in [0.25, 0.3) is 0 Å². The maximum Gasteiger partial charge on any atom is 0.272 e. The molecule has 2 heterocycles. The molecule has 0 spiro atoms. The number of rotatable bonds is 5. The number of carbonyl (C=O) groups is 1. The largest absolute Gasteiger partial charge is 0.344 e. The summed E-state index contributed by atoms with van der Waals surface area (Å²) in [5.74, 6) is -0.247. The van der Waals surface area contributed by atoms with Crippen molar-refractivity contribution in [3.63, 3.8) is 0 Å². The van der Waals surface area contributed by atoms with Crippen molar-refractivity contribution in [2.24, 2.45) is 0 Å². The average molecular weight is 414 g/mol. The first-order chi connectivity index (χ1) is 12.3. The maximum atomic E-state index is 12.6. The van der Waals surface area contributed by atoms with Gasteiger partial charge in [0.15, 0.2) is 5.69 Å². The normalized spacial score (nSPS) is 15.0. The fourth-order valence-corrected chi connectivity index (χ4v) is 3.80. The number of nitrogens with zero attached hydrogens (tertiary/aromatic N) is 2. The Morgan fingerprint density at radius 1 is 1.26 bits per heavy atom. The lowest BCUT2D eigenvalue weighted by atomic mass is 10.1. The number of aromatic amines is 1. The number of benzene rings is 1. The van der Waals surface area contributed by atoms with Crippen LogP contribution in [-0.2, 0) is 23.0 Å². The summed E-state index contributed by atoms with van der Waals surface area (Å²) in [7, 11) is -0.480. The van der Waals surface area contributed by atoms with E-state index >= 15 is 0 Å². The number of fused-ring (bicyclic) bond motifs is 1. The molecule has 1 atom stereocenters. The van der Waals surface area contributed by atoms with E-state index in [4.69, 9.17) is 0 Å². The molecule has 0 radical (unpaired) electrons. The van der Waals surface area contributed by atoms with Crippen LogP contribution in [0.2, 0.25) is 0 Å². The van der Waals surface area contributed by atoms with Crippen LogP contribution in [0.5, 0.6) is 0 Å². The van der Waals surface area contributed by atoms with E-state index in [1.807, 2.05) is 6.92 Å². The van der Waals surface area contributed by atoms with Crippen molar-refractivity contribution < 1.29 is 13.2 Å². The predicted molar refractivity (Wildman–Crippen MR) is 104 cm³/mol. The molecule has 8 nitrogen and oxygen atoms in total. The topological polar surface area (TPSA) is 107 Å². The maximum absolute atomic E-state index is 12.6. The first-order valence-electron chi connectivity index (χ1n) is 8.41. The third kappa shape index (κ3) is 4.32. The first kappa shape index (κ1) is 21.4. The van der Waals surface area contributed by atoms with Gasteiger partial charge < -0.3 is 10.6 Å². The highest BCUT2D eigenvalue weighted by Crippen LogP contribution is 2.20. The second-order valence-corrected chi connectivity index (χ2v) is 8.66. The lowest BCUT2D eigenvalue weighted by Gasteiger charge is -2.17. The molecule has 0 fully saturated rings. The Labute approximate surface area is 165 Å². The molecular formula is C17H24ClN5O3S. The highest BCUT2D eigenvalue weighted by Gasteiger charge is 2.23. The van der Waals surface area contributed by atoms with E-state index in [9.17, 15) is 13.2 Å². The summed E-state index contributed by atoms with van der Waals surface area (Å²) >= 11 is 0. The van der Waals surface area contributed by atoms with Gasteiger partial charge in [0.1, 0.15) is 0 Å². The summed E-state index contributed by atoms with van der Waals surface area (Å²) in [5.41, 5.74) is 3.14. The van der Waals surface area contributed by atoms with Gasteiger partial charge in [-0.2, -0.15) is 5.10 Å². The summed E-state index contributed by atoms with van der Waals surface area (Å²) in [6.45, 7) is 3.35. The molecule has 27 heavy (non-hydrogen) atoms. The second-order valence-electron chi connectivity index (χ2n) is 6.51. The van der Waals surface area contributed by atoms with Crippen LogP contribution >= 0.6 is 12.4 Å². The van der Waals surface area contributed by atoms with Gasteiger partial charge in [-0.15, -0.1) is 12.4 Å². The quantitative estimate of drug-likeness (QED) is 0.683. The Balaban J connectivity index is 0.00000261. The van der Waals surface area contributed by atoms with E-state index in [2.05, 4.69) is 20.8 Å². The number of aromatic nitrogens is 2. The van der Waals surface area contributed by atoms with E-state index in [-0.39, 0.29) is 29.3 Å². The van der Waals surface area contributed by atoms with Gasteiger partial charge in [0, 0.05) is 44.9 Å². The Bertz CT molecular complexity index is 909. The zero-order valence-electron chi connectivity index (χ0n) is 15.4. The molecule has 1 aromatic carbocycles. The number of amides is 1. The summed E-state index contributed by atoms with van der Waals surface area (Å²) in [4.78, 5) is 12.8. The van der Waals surface area contributed by atoms with Crippen LogP contribution in [0, 0.1) is 0 Å². The lowest BCUT2D eigenvalue weighted by Crippen LogP contribution is -2.30. The minimum Gasteiger partial charge on any atom is -0.344 e. The Morgan fingerprint density at radius 3 is 2.56 bits per heavy atom. The van der Waals surface area contributed by atoms with E-state index in [1.54, 1.807) is 24.3 Å². The molecule has 1 unspecified atom stereocenters. The zero-order chi connectivity index (χ0) is 18.9. The van der Waals surface area contributed by atoms with Crippen molar-refractivity contribution in [2.45, 2.75) is 30.8 Å². The fraction of sp³-hybridized carbons (Fsp3) is 0.412. The minimum atomic E-state index is -3.46. The van der Waals surface area contributed by atoms with E-state index in [0.717, 1.165) is 29.8 Å². The predicted octanol–water partition coefficient (Wildman–Crippen LogP) is 1.22. The minimum absolute atomic E-state index is 0. The summed E-state index contributed by atoms with van der Waals surface area (Å²) < 4.78 is 25.4. The van der Waals surface area contributed by atoms with E-state index in [0.29, 0.717) is 12.2 Å². The summed E-state index contributed by atoms with van der Waals surface area (Å²) in [6.07, 6.45) is 0.826. The molecule has 0 aliphatic carbocycles. The summed E-state index contributed by atoms with van der Waals surface area (Å²) in [5, 5.41) is 13.2. The lowest BCUT2D eigenvalue weighted by molar-refractivity contribution is 0.0933. The third-order valence-electron chi connectivity index (χ3n) is 4.53. The molecule has 1 aromatic heterocycles. The molecule has 0 bridgehead atoms. The van der Waals surface area contributed by atoms with Gasteiger partial charge in [-0.3, -0.25) is 9.89 Å². The van der Waals surface area contributed by atoms with Crippen LogP contribution < -0.4 is 10.6 Å². The molecule has 1 amide bonds. The molecule has 3 rings (SSSR count). The van der Waals surface area contributed by atoms with Gasteiger partial charge in [-0.05, 0) is 24.6 Å². The Morgan fingerprint density at radius 2 is 1.93 bits per heavy atom.